The van der Waals surface area contributed by atoms with E-state index in [0.717, 1.165) is 22.4 Å². The van der Waals surface area contributed by atoms with Crippen molar-refractivity contribution in [2.45, 2.75) is 19.3 Å². The smallest absolute Gasteiger partial charge is 0.247 e. The molecule has 198 valence electrons. The van der Waals surface area contributed by atoms with E-state index >= 15 is 0 Å². The predicted molar refractivity (Wildman–Crippen MR) is 149 cm³/mol. The Morgan fingerprint density at radius 2 is 1.42 bits per heavy atom. The molecule has 1 fully saturated rings. The Hall–Kier alpha value is -3.64. The van der Waals surface area contributed by atoms with Gasteiger partial charge in [-0.05, 0) is 54.3 Å². The number of benzene rings is 3. The number of carbonyl (C=O) groups is 1. The molecule has 4 rings (SSSR count). The fraction of sp³-hybridized carbons (Fsp3) is 0.300. The van der Waals surface area contributed by atoms with Gasteiger partial charge in [-0.3, -0.25) is 10.0 Å². The van der Waals surface area contributed by atoms with Gasteiger partial charge >= 0.3 is 0 Å². The summed E-state index contributed by atoms with van der Waals surface area (Å²) in [4.78, 5) is 14.5. The van der Waals surface area contributed by atoms with Crippen LogP contribution in [0.1, 0.15) is 36.0 Å². The number of nitrogens with zero attached hydrogens (tertiary/aromatic N) is 2. The van der Waals surface area contributed by atoms with Crippen molar-refractivity contribution >= 4 is 21.6 Å². The van der Waals surface area contributed by atoms with E-state index in [4.69, 9.17) is 0 Å². The molecule has 1 heterocycles. The van der Waals surface area contributed by atoms with Crippen molar-refractivity contribution in [3.05, 3.63) is 102 Å². The molecular formula is C30H33N3O4S. The van der Waals surface area contributed by atoms with E-state index in [1.807, 2.05) is 91.9 Å². The molecule has 2 atom stereocenters. The number of amides is 1. The van der Waals surface area contributed by atoms with Gasteiger partial charge < -0.3 is 4.90 Å². The lowest BCUT2D eigenvalue weighted by Crippen LogP contribution is -2.50. The predicted octanol–water partition coefficient (Wildman–Crippen LogP) is 3.85. The number of hydroxylamine groups is 1. The van der Waals surface area contributed by atoms with E-state index < -0.39 is 21.8 Å². The third kappa shape index (κ3) is 7.23. The van der Waals surface area contributed by atoms with Crippen LogP contribution in [0.2, 0.25) is 0 Å². The van der Waals surface area contributed by atoms with Gasteiger partial charge in [0.1, 0.15) is 0 Å². The highest BCUT2D eigenvalue weighted by molar-refractivity contribution is 7.89. The van der Waals surface area contributed by atoms with Crippen molar-refractivity contribution in [1.29, 1.82) is 0 Å². The fourth-order valence-electron chi connectivity index (χ4n) is 4.69. The maximum Gasteiger partial charge on any atom is 0.247 e. The van der Waals surface area contributed by atoms with Crippen molar-refractivity contribution in [1.82, 2.24) is 9.79 Å². The zero-order chi connectivity index (χ0) is 27.0. The van der Waals surface area contributed by atoms with Gasteiger partial charge in [0.05, 0.1) is 11.7 Å². The van der Waals surface area contributed by atoms with Gasteiger partial charge in [-0.25, -0.2) is 13.9 Å². The van der Waals surface area contributed by atoms with Crippen LogP contribution in [-0.2, 0) is 14.8 Å². The highest BCUT2D eigenvalue weighted by Gasteiger charge is 2.33. The third-order valence-corrected chi connectivity index (χ3v) is 8.86. The Bertz CT molecular complexity index is 1360. The first-order chi connectivity index (χ1) is 18.4. The fourth-order valence-corrected chi connectivity index (χ4v) is 6.42. The minimum atomic E-state index is -3.70. The molecule has 1 aliphatic rings. The van der Waals surface area contributed by atoms with Gasteiger partial charge in [-0.15, -0.1) is 0 Å². The molecule has 3 aromatic rings. The maximum atomic E-state index is 13.2. The summed E-state index contributed by atoms with van der Waals surface area (Å²) in [7, 11) is -3.70. The van der Waals surface area contributed by atoms with E-state index in [-0.39, 0.29) is 11.7 Å². The monoisotopic (exact) mass is 531 g/mol. The average molecular weight is 532 g/mol. The summed E-state index contributed by atoms with van der Waals surface area (Å²) in [6.07, 6.45) is 0.315. The number of anilines is 1. The average Bonchev–Trinajstić information content (AvgIpc) is 2.96. The number of sulfonamides is 1. The van der Waals surface area contributed by atoms with Crippen molar-refractivity contribution in [2.24, 2.45) is 5.92 Å². The van der Waals surface area contributed by atoms with Gasteiger partial charge in [0.2, 0.25) is 15.9 Å². The van der Waals surface area contributed by atoms with E-state index in [9.17, 15) is 18.4 Å². The molecule has 1 aliphatic heterocycles. The number of rotatable bonds is 8. The van der Waals surface area contributed by atoms with E-state index in [2.05, 4.69) is 16.7 Å². The highest BCUT2D eigenvalue weighted by atomic mass is 32.2. The van der Waals surface area contributed by atoms with Gasteiger partial charge in [0.15, 0.2) is 0 Å². The summed E-state index contributed by atoms with van der Waals surface area (Å²) in [5, 5.41) is 9.24. The van der Waals surface area contributed by atoms with Crippen molar-refractivity contribution in [3.63, 3.8) is 0 Å². The molecule has 1 unspecified atom stereocenters. The summed E-state index contributed by atoms with van der Waals surface area (Å²) >= 11 is 0. The largest absolute Gasteiger partial charge is 0.369 e. The summed E-state index contributed by atoms with van der Waals surface area (Å²) < 4.78 is 27.9. The van der Waals surface area contributed by atoms with E-state index in [1.165, 1.54) is 4.31 Å². The summed E-state index contributed by atoms with van der Waals surface area (Å²) in [6.45, 7) is 3.72. The Kier molecular flexibility index (Phi) is 9.19. The molecule has 0 aromatic heterocycles. The molecule has 3 aromatic carbocycles. The third-order valence-electron chi connectivity index (χ3n) is 6.89. The van der Waals surface area contributed by atoms with Crippen LogP contribution in [0, 0.1) is 17.8 Å². The van der Waals surface area contributed by atoms with Crippen LogP contribution < -0.4 is 10.4 Å². The van der Waals surface area contributed by atoms with Crippen molar-refractivity contribution < 1.29 is 18.4 Å². The zero-order valence-corrected chi connectivity index (χ0v) is 22.3. The minimum absolute atomic E-state index is 0.0362. The van der Waals surface area contributed by atoms with Crippen LogP contribution in [0.25, 0.3) is 0 Å². The zero-order valence-electron chi connectivity index (χ0n) is 21.5. The summed E-state index contributed by atoms with van der Waals surface area (Å²) in [5.74, 6) is 4.40. The normalized spacial score (nSPS) is 15.7. The second-order valence-electron chi connectivity index (χ2n) is 9.55. The molecule has 0 radical (unpaired) electrons. The van der Waals surface area contributed by atoms with Gasteiger partial charge in [0, 0.05) is 43.0 Å². The molecule has 0 saturated carbocycles. The number of piperazine rings is 1. The van der Waals surface area contributed by atoms with Crippen LogP contribution in [-0.4, -0.2) is 55.8 Å². The highest BCUT2D eigenvalue weighted by Crippen LogP contribution is 2.26. The minimum Gasteiger partial charge on any atom is -0.369 e. The van der Waals surface area contributed by atoms with Crippen LogP contribution in [0.5, 0.6) is 0 Å². The maximum absolute atomic E-state index is 13.2. The molecule has 0 bridgehead atoms. The molecule has 0 spiro atoms. The Labute approximate surface area is 225 Å². The lowest BCUT2D eigenvalue weighted by atomic mass is 9.91. The van der Waals surface area contributed by atoms with Crippen LogP contribution in [0.15, 0.2) is 84.9 Å². The number of nitrogens with one attached hydrogen (secondary N) is 1. The van der Waals surface area contributed by atoms with Crippen LogP contribution in [0.4, 0.5) is 5.69 Å². The number of carbonyl (C=O) groups excluding carboxylic acids is 1. The SMILES string of the molecule is C[C@@H](CC(CS(=O)(=O)N1CCN(c2ccc(C#Cc3ccccc3)cc2)CC1)C(=O)NO)c1ccccc1. The van der Waals surface area contributed by atoms with Gasteiger partial charge in [0.25, 0.3) is 0 Å². The van der Waals surface area contributed by atoms with Crippen molar-refractivity contribution in [3.8, 4) is 11.8 Å². The molecule has 1 amide bonds. The molecule has 8 heteroatoms. The van der Waals surface area contributed by atoms with Gasteiger partial charge in [-0.2, -0.15) is 4.31 Å². The second-order valence-corrected chi connectivity index (χ2v) is 11.6. The molecular weight excluding hydrogens is 498 g/mol. The quantitative estimate of drug-likeness (QED) is 0.262. The van der Waals surface area contributed by atoms with E-state index in [1.54, 1.807) is 5.48 Å². The Balaban J connectivity index is 1.35. The number of hydrogen-bond acceptors (Lipinski definition) is 5. The molecule has 38 heavy (non-hydrogen) atoms. The van der Waals surface area contributed by atoms with Gasteiger partial charge in [-0.1, -0.05) is 67.3 Å². The molecule has 2 N–H and O–H groups in total. The van der Waals surface area contributed by atoms with Crippen LogP contribution >= 0.6 is 0 Å². The lowest BCUT2D eigenvalue weighted by Gasteiger charge is -2.36. The first-order valence-corrected chi connectivity index (χ1v) is 14.4. The van der Waals surface area contributed by atoms with Crippen molar-refractivity contribution in [2.75, 3.05) is 36.8 Å². The topological polar surface area (TPSA) is 90.0 Å². The molecule has 1 saturated heterocycles. The first kappa shape index (κ1) is 27.4. The molecule has 7 nitrogen and oxygen atoms in total. The number of hydrogen-bond donors (Lipinski definition) is 2. The molecule has 0 aliphatic carbocycles. The Morgan fingerprint density at radius 3 is 2.00 bits per heavy atom. The first-order valence-electron chi connectivity index (χ1n) is 12.7. The van der Waals surface area contributed by atoms with E-state index in [0.29, 0.717) is 32.6 Å². The second kappa shape index (κ2) is 12.7. The Morgan fingerprint density at radius 1 is 0.868 bits per heavy atom. The lowest BCUT2D eigenvalue weighted by molar-refractivity contribution is -0.133. The summed E-state index contributed by atoms with van der Waals surface area (Å²) in [6, 6.07) is 27.4. The van der Waals surface area contributed by atoms with Crippen LogP contribution in [0.3, 0.4) is 0 Å². The standard InChI is InChI=1S/C30H33N3O4S/c1-24(27-10-6-3-7-11-27)22-28(30(34)31-35)23-38(36,37)33-20-18-32(19-21-33)29-16-14-26(15-17-29)13-12-25-8-4-2-5-9-25/h2-11,14-17,24,28,35H,18-23H2,1H3,(H,31,34)/t24-,28?/m0/s1. The summed E-state index contributed by atoms with van der Waals surface area (Å²) in [5.41, 5.74) is 5.57.